The fourth-order valence-corrected chi connectivity index (χ4v) is 20.6. The summed E-state index contributed by atoms with van der Waals surface area (Å²) in [5.41, 5.74) is 14.2. The number of aromatic nitrogens is 6. The van der Waals surface area contributed by atoms with Crippen LogP contribution in [0.3, 0.4) is 0 Å². The molecule has 2 saturated carbocycles. The summed E-state index contributed by atoms with van der Waals surface area (Å²) in [5, 5.41) is 7.76. The third-order valence-corrected chi connectivity index (χ3v) is 26.5. The lowest BCUT2D eigenvalue weighted by Crippen LogP contribution is -2.33. The van der Waals surface area contributed by atoms with Crippen molar-refractivity contribution in [3.8, 4) is 0 Å². The Balaban J connectivity index is 0.000000123. The topological polar surface area (TPSA) is 222 Å². The Kier molecular flexibility index (Phi) is 18.3. The van der Waals surface area contributed by atoms with E-state index in [0.717, 1.165) is 85.8 Å². The van der Waals surface area contributed by atoms with Crippen LogP contribution in [0.1, 0.15) is 60.8 Å². The molecule has 0 aliphatic heterocycles. The van der Waals surface area contributed by atoms with Crippen LogP contribution in [-0.4, -0.2) is 67.8 Å². The summed E-state index contributed by atoms with van der Waals surface area (Å²) < 4.78 is 92.1. The number of anilines is 4. The number of aromatic amines is 2. The molecule has 2 aliphatic carbocycles. The van der Waals surface area contributed by atoms with Gasteiger partial charge in [-0.15, -0.1) is 57.8 Å². The van der Waals surface area contributed by atoms with Crippen molar-refractivity contribution >= 4 is 181 Å². The number of para-hydroxylation sites is 6. The van der Waals surface area contributed by atoms with Crippen LogP contribution in [0, 0.1) is 39.5 Å². The van der Waals surface area contributed by atoms with Crippen LogP contribution in [0.15, 0.2) is 185 Å². The molecule has 7 aromatic carbocycles. The zero-order chi connectivity index (χ0) is 63.3. The first-order chi connectivity index (χ1) is 43.8. The summed E-state index contributed by atoms with van der Waals surface area (Å²) >= 11 is 6.16. The second kappa shape index (κ2) is 26.3. The smallest absolute Gasteiger partial charge is 0.299 e. The number of nitrogens with zero attached hydrogens (tertiary/aromatic N) is 6. The Morgan fingerprint density at radius 2 is 0.891 bits per heavy atom. The van der Waals surface area contributed by atoms with Crippen molar-refractivity contribution in [2.75, 3.05) is 32.2 Å². The van der Waals surface area contributed by atoms with E-state index in [2.05, 4.69) is 66.9 Å². The molecule has 0 bridgehead atoms. The average Bonchev–Trinajstić information content (AvgIpc) is 1.60. The molecule has 2 aliphatic rings. The Morgan fingerprint density at radius 1 is 0.489 bits per heavy atom. The van der Waals surface area contributed by atoms with Crippen molar-refractivity contribution in [1.29, 1.82) is 0 Å². The van der Waals surface area contributed by atoms with Gasteiger partial charge in [0.15, 0.2) is 0 Å². The SMILES string of the molecule is Cc1c(N(CCC2CC2)S(=O)(=O)c2nc3ccccc3[nH]2)sc2ccccc12.Cc1c(N(CCC2CC2)S(=O)(=O)c2nc3ccccc3n2C)sc2ccccc12.Cc1c(N)sc2ccccc12.Cc1c(NS(=O)(=O)c2nc3ccccc3[nH]2)sc2ccccc12.Cl. The van der Waals surface area contributed by atoms with Gasteiger partial charge in [0.1, 0.15) is 15.0 Å². The number of fused-ring (bicyclic) bond motifs is 7. The van der Waals surface area contributed by atoms with Crippen molar-refractivity contribution in [2.45, 2.75) is 81.7 Å². The molecule has 0 unspecified atom stereocenters. The van der Waals surface area contributed by atoms with Crippen LogP contribution in [0.2, 0.25) is 0 Å². The Hall–Kier alpha value is -7.87. The van der Waals surface area contributed by atoms with Gasteiger partial charge >= 0.3 is 0 Å². The molecule has 0 radical (unpaired) electrons. The van der Waals surface area contributed by atoms with Crippen LogP contribution < -0.4 is 19.1 Å². The van der Waals surface area contributed by atoms with Crippen molar-refractivity contribution in [3.63, 3.8) is 0 Å². The minimum Gasteiger partial charge on any atom is -0.390 e. The van der Waals surface area contributed by atoms with E-state index in [9.17, 15) is 25.3 Å². The number of nitrogens with two attached hydrogens (primary N) is 1. The molecular weight excluding hydrogens is 1310 g/mol. The number of aryl methyl sites for hydroxylation is 5. The van der Waals surface area contributed by atoms with E-state index < -0.39 is 30.1 Å². The van der Waals surface area contributed by atoms with E-state index in [0.29, 0.717) is 52.0 Å². The van der Waals surface area contributed by atoms with Crippen molar-refractivity contribution in [1.82, 2.24) is 29.5 Å². The highest BCUT2D eigenvalue weighted by atomic mass is 35.5. The van der Waals surface area contributed by atoms with Crippen molar-refractivity contribution in [2.24, 2.45) is 18.9 Å². The number of thiophene rings is 4. The van der Waals surface area contributed by atoms with Gasteiger partial charge in [-0.2, -0.15) is 25.3 Å². The van der Waals surface area contributed by atoms with Crippen LogP contribution >= 0.6 is 57.8 Å². The molecule has 7 heterocycles. The van der Waals surface area contributed by atoms with E-state index in [1.807, 2.05) is 148 Å². The van der Waals surface area contributed by atoms with E-state index in [-0.39, 0.29) is 27.9 Å². The molecule has 92 heavy (non-hydrogen) atoms. The third kappa shape index (κ3) is 13.0. The molecule has 7 aromatic heterocycles. The molecular formula is C68H67ClN10O6S7. The molecule has 16 nitrogen and oxygen atoms in total. The minimum absolute atomic E-state index is 0. The van der Waals surface area contributed by atoms with E-state index in [1.165, 1.54) is 64.0 Å². The van der Waals surface area contributed by atoms with Gasteiger partial charge < -0.3 is 20.3 Å². The van der Waals surface area contributed by atoms with Gasteiger partial charge in [0, 0.05) is 38.9 Å². The first kappa shape index (κ1) is 64.2. The Labute approximate surface area is 556 Å². The zero-order valence-corrected chi connectivity index (χ0v) is 57.5. The monoisotopic (exact) mass is 1380 g/mol. The molecule has 2 fully saturated rings. The van der Waals surface area contributed by atoms with E-state index in [1.54, 1.807) is 55.0 Å². The van der Waals surface area contributed by atoms with Gasteiger partial charge in [-0.25, -0.2) is 15.0 Å². The van der Waals surface area contributed by atoms with Crippen molar-refractivity contribution in [3.05, 3.63) is 192 Å². The Bertz CT molecular complexity index is 5320. The number of nitrogens with one attached hydrogen (secondary N) is 3. The number of imidazole rings is 3. The summed E-state index contributed by atoms with van der Waals surface area (Å²) in [6, 6.07) is 54.5. The van der Waals surface area contributed by atoms with E-state index >= 15 is 0 Å². The molecule has 24 heteroatoms. The molecule has 14 aromatic rings. The number of nitrogen functional groups attached to an aromatic ring is 1. The molecule has 16 rings (SSSR count). The van der Waals surface area contributed by atoms with Gasteiger partial charge in [0.2, 0.25) is 15.5 Å². The Morgan fingerprint density at radius 3 is 1.36 bits per heavy atom. The first-order valence-corrected chi connectivity index (χ1v) is 37.5. The lowest BCUT2D eigenvalue weighted by Gasteiger charge is -2.23. The predicted molar refractivity (Wildman–Crippen MR) is 385 cm³/mol. The lowest BCUT2D eigenvalue weighted by molar-refractivity contribution is 0.572. The highest BCUT2D eigenvalue weighted by molar-refractivity contribution is 7.93. The normalized spacial score (nSPS) is 13.4. The highest BCUT2D eigenvalue weighted by Crippen LogP contribution is 2.44. The molecule has 0 spiro atoms. The van der Waals surface area contributed by atoms with E-state index in [4.69, 9.17) is 5.73 Å². The molecule has 474 valence electrons. The number of H-pyrrole nitrogens is 2. The number of hydrogen-bond acceptors (Lipinski definition) is 14. The van der Waals surface area contributed by atoms with Crippen molar-refractivity contribution < 1.29 is 25.3 Å². The van der Waals surface area contributed by atoms with Gasteiger partial charge in [0.05, 0.1) is 38.1 Å². The summed E-state index contributed by atoms with van der Waals surface area (Å²) in [6.07, 6.45) is 6.56. The predicted octanol–water partition coefficient (Wildman–Crippen LogP) is 17.3. The van der Waals surface area contributed by atoms with Gasteiger partial charge in [-0.3, -0.25) is 13.3 Å². The second-order valence-electron chi connectivity index (χ2n) is 23.0. The van der Waals surface area contributed by atoms with Crippen LogP contribution in [0.25, 0.3) is 73.4 Å². The van der Waals surface area contributed by atoms with Gasteiger partial charge in [-0.05, 0) is 157 Å². The minimum atomic E-state index is -3.79. The van der Waals surface area contributed by atoms with Crippen LogP contribution in [0.4, 0.5) is 20.0 Å². The summed E-state index contributed by atoms with van der Waals surface area (Å²) in [5.74, 6) is 1.28. The fourth-order valence-electron chi connectivity index (χ4n) is 11.2. The summed E-state index contributed by atoms with van der Waals surface area (Å²) in [6.45, 7) is 8.97. The number of sulfonamides is 3. The largest absolute Gasteiger partial charge is 0.390 e. The number of hydrogen-bond donors (Lipinski definition) is 4. The average molecular weight is 1380 g/mol. The molecule has 0 saturated heterocycles. The van der Waals surface area contributed by atoms with Gasteiger partial charge in [-0.1, -0.05) is 135 Å². The van der Waals surface area contributed by atoms with Gasteiger partial charge in [0.25, 0.3) is 30.1 Å². The fraction of sp³-hybridized carbons (Fsp3) is 0.221. The third-order valence-electron chi connectivity index (χ3n) is 16.7. The summed E-state index contributed by atoms with van der Waals surface area (Å²) in [4.78, 5) is 18.9. The summed E-state index contributed by atoms with van der Waals surface area (Å²) in [7, 11) is -9.54. The van der Waals surface area contributed by atoms with Crippen LogP contribution in [0.5, 0.6) is 0 Å². The number of benzene rings is 7. The number of rotatable bonds is 15. The number of halogens is 1. The standard InChI is InChI=1S/C22H23N3O2S2.C21H21N3O2S2.C16H13N3O2S2.C9H9NS.ClH/c1-15-17-7-3-6-10-20(17)28-21(15)25(14-13-16-11-12-16)29(26,27)22-23-18-8-4-5-9-19(18)24(22)2;1-14-16-6-2-5-9-19(16)27-20(14)24(13-12-15-10-11-15)28(25,26)21-22-17-7-3-4-8-18(17)23-21;1-10-11-6-2-5-9-14(11)22-15(10)19-23(20,21)16-17-12-7-3-4-8-13(12)18-16;1-6-7-4-2-3-5-8(7)11-9(6)10;/h3-10,16H,11-14H2,1-2H3;2-9,15H,10-13H2,1H3,(H,22,23);2-9,19H,1H3,(H,17,18);2-5H,10H2,1H3;1H. The second-order valence-corrected chi connectivity index (χ2v) is 32.3. The zero-order valence-electron chi connectivity index (χ0n) is 51.0. The first-order valence-electron chi connectivity index (χ1n) is 29.9. The molecule has 5 N–H and O–H groups in total. The quantitative estimate of drug-likeness (QED) is 0.0760. The maximum atomic E-state index is 13.8. The highest BCUT2D eigenvalue weighted by Gasteiger charge is 2.36. The molecule has 0 amide bonds. The maximum Gasteiger partial charge on any atom is 0.299 e. The lowest BCUT2D eigenvalue weighted by atomic mass is 10.2. The maximum absolute atomic E-state index is 13.8. The van der Waals surface area contributed by atoms with Crippen LogP contribution in [-0.2, 0) is 37.1 Å². The molecule has 0 atom stereocenters.